The lowest BCUT2D eigenvalue weighted by molar-refractivity contribution is -0.138. The van der Waals surface area contributed by atoms with E-state index in [0.29, 0.717) is 48.0 Å². The van der Waals surface area contributed by atoms with E-state index in [0.717, 1.165) is 24.0 Å². The van der Waals surface area contributed by atoms with Crippen molar-refractivity contribution >= 4 is 5.97 Å². The van der Waals surface area contributed by atoms with Crippen LogP contribution < -0.4 is 5.32 Å². The zero-order valence-corrected chi connectivity index (χ0v) is 33.2. The zero-order valence-electron chi connectivity index (χ0n) is 33.2. The van der Waals surface area contributed by atoms with Gasteiger partial charge in [-0.2, -0.15) is 0 Å². The van der Waals surface area contributed by atoms with Crippen molar-refractivity contribution in [1.29, 1.82) is 0 Å². The van der Waals surface area contributed by atoms with Crippen LogP contribution in [0.1, 0.15) is 106 Å². The Kier molecular flexibility index (Phi) is 17.7. The highest BCUT2D eigenvalue weighted by molar-refractivity contribution is 5.66. The summed E-state index contributed by atoms with van der Waals surface area (Å²) >= 11 is 0. The summed E-state index contributed by atoms with van der Waals surface area (Å²) in [5.74, 6) is 3.96. The number of aliphatic hydroxyl groups is 8. The fourth-order valence-electron chi connectivity index (χ4n) is 8.25. The van der Waals surface area contributed by atoms with Crippen LogP contribution in [-0.2, 0) is 17.6 Å². The number of allylic oxidation sites excluding steroid dienone is 2. The van der Waals surface area contributed by atoms with E-state index in [1.54, 1.807) is 25.1 Å². The summed E-state index contributed by atoms with van der Waals surface area (Å²) in [7, 11) is 0. The van der Waals surface area contributed by atoms with Crippen LogP contribution in [0.5, 0.6) is 5.75 Å². The second kappa shape index (κ2) is 22.0. The maximum Gasteiger partial charge on any atom is 0.303 e. The van der Waals surface area contributed by atoms with Gasteiger partial charge in [-0.15, -0.1) is 0 Å². The summed E-state index contributed by atoms with van der Waals surface area (Å²) in [6.45, 7) is 2.82. The molecule has 12 heteroatoms. The van der Waals surface area contributed by atoms with E-state index < -0.39 is 72.5 Å². The minimum Gasteiger partial charge on any atom is -0.508 e. The lowest BCUT2D eigenvalue weighted by Gasteiger charge is -2.40. The monoisotopic (exact) mass is 793 g/mol. The number of benzene rings is 2. The molecule has 57 heavy (non-hydrogen) atoms. The molecule has 2 aliphatic rings. The molecule has 2 bridgehead atoms. The van der Waals surface area contributed by atoms with Crippen molar-refractivity contribution in [3.05, 3.63) is 88.0 Å². The van der Waals surface area contributed by atoms with Crippen LogP contribution in [0.25, 0.3) is 0 Å². The van der Waals surface area contributed by atoms with E-state index in [2.05, 4.69) is 17.2 Å². The van der Waals surface area contributed by atoms with E-state index in [9.17, 15) is 55.9 Å². The van der Waals surface area contributed by atoms with Gasteiger partial charge in [-0.05, 0) is 110 Å². The van der Waals surface area contributed by atoms with Gasteiger partial charge in [-0.3, -0.25) is 4.79 Å². The molecule has 0 spiro atoms. The molecular weight excluding hydrogens is 730 g/mol. The molecule has 314 valence electrons. The molecular formula is C45H63NO11. The number of carbonyl (C=O) groups is 1. The molecule has 0 saturated heterocycles. The lowest BCUT2D eigenvalue weighted by atomic mass is 9.72. The average molecular weight is 794 g/mol. The first kappa shape index (κ1) is 46.1. The predicted molar refractivity (Wildman–Crippen MR) is 216 cm³/mol. The second-order valence-electron chi connectivity index (χ2n) is 16.0. The van der Waals surface area contributed by atoms with Crippen LogP contribution in [0.4, 0.5) is 0 Å². The number of unbranched alkanes of at least 4 members (excludes halogenated alkanes) is 1. The predicted octanol–water partition coefficient (Wildman–Crippen LogP) is 2.96. The van der Waals surface area contributed by atoms with Crippen molar-refractivity contribution in [3.8, 4) is 17.6 Å². The van der Waals surface area contributed by atoms with Gasteiger partial charge in [-0.25, -0.2) is 0 Å². The Morgan fingerprint density at radius 1 is 0.982 bits per heavy atom. The minimum absolute atomic E-state index is 0.00884. The highest BCUT2D eigenvalue weighted by Crippen LogP contribution is 2.40. The number of phenolic OH excluding ortho intramolecular Hbond substituents is 1. The van der Waals surface area contributed by atoms with Crippen molar-refractivity contribution < 1.29 is 55.9 Å². The summed E-state index contributed by atoms with van der Waals surface area (Å²) in [5.41, 5.74) is 2.93. The molecule has 0 fully saturated rings. The van der Waals surface area contributed by atoms with Gasteiger partial charge < -0.3 is 56.4 Å². The molecule has 12 nitrogen and oxygen atoms in total. The molecule has 2 aromatic carbocycles. The molecule has 0 aromatic heterocycles. The first-order chi connectivity index (χ1) is 27.2. The number of fused-ring (bicyclic) bond motifs is 5. The second-order valence-corrected chi connectivity index (χ2v) is 16.0. The van der Waals surface area contributed by atoms with Crippen molar-refractivity contribution in [1.82, 2.24) is 5.32 Å². The number of hydrogen-bond acceptors (Lipinski definition) is 11. The van der Waals surface area contributed by atoms with E-state index in [4.69, 9.17) is 0 Å². The SMILES string of the molecule is CCCCC(O)C(O)C=CC1=C(CC(O)CO)C2NCC(C)(O)C(c3ccc(O)cc3CCO)C#CC(CC2CC(O)C(O)CCC(=O)O)c2ccccc2CC1. The van der Waals surface area contributed by atoms with Gasteiger partial charge in [-0.1, -0.05) is 74.1 Å². The third-order valence-corrected chi connectivity index (χ3v) is 11.5. The number of rotatable bonds is 18. The van der Waals surface area contributed by atoms with Gasteiger partial charge in [0.05, 0.1) is 48.6 Å². The van der Waals surface area contributed by atoms with Crippen LogP contribution in [0.3, 0.4) is 0 Å². The molecule has 0 saturated carbocycles. The average Bonchev–Trinajstić information content (AvgIpc) is 3.18. The summed E-state index contributed by atoms with van der Waals surface area (Å²) in [4.78, 5) is 11.4. The molecule has 10 unspecified atom stereocenters. The van der Waals surface area contributed by atoms with Crippen molar-refractivity contribution in [3.63, 3.8) is 0 Å². The highest BCUT2D eigenvalue weighted by atomic mass is 16.4. The quantitative estimate of drug-likeness (QED) is 0.0980. The van der Waals surface area contributed by atoms with E-state index in [-0.39, 0.29) is 51.0 Å². The van der Waals surface area contributed by atoms with Crippen molar-refractivity contribution in [2.24, 2.45) is 5.92 Å². The highest BCUT2D eigenvalue weighted by Gasteiger charge is 2.40. The molecule has 11 N–H and O–H groups in total. The summed E-state index contributed by atoms with van der Waals surface area (Å²) in [5, 5.41) is 111. The number of nitrogens with one attached hydrogen (secondary N) is 1. The molecule has 0 radical (unpaired) electrons. The number of aromatic hydroxyl groups is 1. The van der Waals surface area contributed by atoms with E-state index in [1.165, 1.54) is 12.1 Å². The fourth-order valence-corrected chi connectivity index (χ4v) is 8.25. The number of aliphatic carboxylic acids is 1. The van der Waals surface area contributed by atoms with Crippen molar-refractivity contribution in [2.75, 3.05) is 19.8 Å². The number of aryl methyl sites for hydroxylation is 1. The van der Waals surface area contributed by atoms with Crippen LogP contribution in [0, 0.1) is 17.8 Å². The minimum atomic E-state index is -1.58. The Balaban J connectivity index is 2.00. The van der Waals surface area contributed by atoms with Gasteiger partial charge in [0, 0.05) is 31.5 Å². The summed E-state index contributed by atoms with van der Waals surface area (Å²) < 4.78 is 0. The molecule has 10 atom stereocenters. The van der Waals surface area contributed by atoms with Gasteiger partial charge in [0.15, 0.2) is 0 Å². The van der Waals surface area contributed by atoms with Gasteiger partial charge in [0.1, 0.15) is 5.75 Å². The normalized spacial score (nSPS) is 25.5. The van der Waals surface area contributed by atoms with Gasteiger partial charge >= 0.3 is 5.97 Å². The van der Waals surface area contributed by atoms with Crippen LogP contribution in [-0.4, -0.2) is 119 Å². The number of carboxylic acid groups (broad SMARTS) is 1. The van der Waals surface area contributed by atoms with Crippen LogP contribution >= 0.6 is 0 Å². The Labute approximate surface area is 336 Å². The van der Waals surface area contributed by atoms with E-state index >= 15 is 0 Å². The lowest BCUT2D eigenvalue weighted by Crippen LogP contribution is -2.51. The maximum atomic E-state index is 12.4. The van der Waals surface area contributed by atoms with Gasteiger partial charge in [0.2, 0.25) is 0 Å². The fraction of sp³-hybridized carbons (Fsp3) is 0.578. The Bertz CT molecular complexity index is 1730. The molecule has 2 aromatic rings. The molecule has 1 heterocycles. The largest absolute Gasteiger partial charge is 0.508 e. The number of carboxylic acids is 1. The van der Waals surface area contributed by atoms with Gasteiger partial charge in [0.25, 0.3) is 0 Å². The standard InChI is InChI=1S/C45H63NO11/c1-3-4-9-39(51)40(52)17-13-29-11-10-28-7-5-6-8-35(28)30-12-16-38(36-15-14-33(49)23-31(36)20-21-47)45(2,57)27-46-44(37(29)25-34(50)26-48)32(22-30)24-42(54)41(53)18-19-43(55)56/h5-8,13-15,17,23,30,32,34,38-42,44,46-54,57H,3-4,9-11,18-22,24-27H2,1-2H3,(H,55,56). The first-order valence-electron chi connectivity index (χ1n) is 20.3. The molecule has 1 aliphatic carbocycles. The van der Waals surface area contributed by atoms with E-state index in [1.807, 2.05) is 31.2 Å². The Morgan fingerprint density at radius 2 is 1.74 bits per heavy atom. The number of β-amino-alcohol motifs (C(OH)–C–C–N with tert-alkyl or cyclic N) is 1. The van der Waals surface area contributed by atoms with Crippen LogP contribution in [0.2, 0.25) is 0 Å². The Morgan fingerprint density at radius 3 is 2.44 bits per heavy atom. The zero-order chi connectivity index (χ0) is 41.7. The number of aliphatic hydroxyl groups excluding tert-OH is 7. The molecule has 0 amide bonds. The molecule has 1 aliphatic heterocycles. The third kappa shape index (κ3) is 12.9. The first-order valence-corrected chi connectivity index (χ1v) is 20.3. The smallest absolute Gasteiger partial charge is 0.303 e. The van der Waals surface area contributed by atoms with Crippen molar-refractivity contribution in [2.45, 2.75) is 138 Å². The topological polar surface area (TPSA) is 231 Å². The third-order valence-electron chi connectivity index (χ3n) is 11.5. The summed E-state index contributed by atoms with van der Waals surface area (Å²) in [6, 6.07) is 11.9. The maximum absolute atomic E-state index is 12.4. The Hall–Kier alpha value is -3.61. The summed E-state index contributed by atoms with van der Waals surface area (Å²) in [6.07, 6.45) is 0.0827. The number of phenols is 1. The number of hydrogen-bond donors (Lipinski definition) is 11. The van der Waals surface area contributed by atoms with Crippen LogP contribution in [0.15, 0.2) is 65.8 Å². The molecule has 4 rings (SSSR count).